The van der Waals surface area contributed by atoms with Crippen LogP contribution >= 0.6 is 0 Å². The third-order valence-corrected chi connectivity index (χ3v) is 7.55. The zero-order valence-electron chi connectivity index (χ0n) is 32.6. The summed E-state index contributed by atoms with van der Waals surface area (Å²) in [7, 11) is 0. The second-order valence-corrected chi connectivity index (χ2v) is 12.3. The molecule has 304 valence electrons. The van der Waals surface area contributed by atoms with Gasteiger partial charge in [-0.15, -0.1) is 0 Å². The minimum Gasteiger partial charge on any atom is -0.460 e. The van der Waals surface area contributed by atoms with Crippen molar-refractivity contribution in [1.82, 2.24) is 0 Å². The summed E-state index contributed by atoms with van der Waals surface area (Å²) in [5.41, 5.74) is 0.373. The molecule has 0 aromatic heterocycles. The molecule has 0 atom stereocenters. The highest BCUT2D eigenvalue weighted by Crippen LogP contribution is 2.12. The van der Waals surface area contributed by atoms with Gasteiger partial charge in [0.2, 0.25) is 0 Å². The Morgan fingerprint density at radius 1 is 0.333 bits per heavy atom. The van der Waals surface area contributed by atoms with Crippen LogP contribution in [0.2, 0.25) is 0 Å². The van der Waals surface area contributed by atoms with E-state index < -0.39 is 5.97 Å². The van der Waals surface area contributed by atoms with Gasteiger partial charge >= 0.3 is 5.97 Å². The Morgan fingerprint density at radius 2 is 0.549 bits per heavy atom. The highest BCUT2D eigenvalue weighted by Gasteiger charge is 2.02. The van der Waals surface area contributed by atoms with E-state index in [2.05, 4.69) is 13.5 Å². The maximum atomic E-state index is 11.2. The number of hydrogen-bond acceptors (Lipinski definition) is 12. The molecule has 0 N–H and O–H groups in total. The lowest BCUT2D eigenvalue weighted by atomic mass is 10.0. The van der Waals surface area contributed by atoms with Crippen LogP contribution in [0, 0.1) is 0 Å². The molecular formula is C39H76O12. The first-order chi connectivity index (χ1) is 25.2. The zero-order chi connectivity index (χ0) is 37.0. The first kappa shape index (κ1) is 49.8. The van der Waals surface area contributed by atoms with E-state index in [0.29, 0.717) is 131 Å². The van der Waals surface area contributed by atoms with Crippen molar-refractivity contribution >= 4 is 5.97 Å². The van der Waals surface area contributed by atoms with Crippen LogP contribution in [0.15, 0.2) is 12.2 Å². The average Bonchev–Trinajstić information content (AvgIpc) is 3.13. The van der Waals surface area contributed by atoms with Crippen molar-refractivity contribution in [2.24, 2.45) is 0 Å². The normalized spacial score (nSPS) is 11.4. The second kappa shape index (κ2) is 45.0. The molecule has 0 bridgehead atoms. The summed E-state index contributed by atoms with van der Waals surface area (Å²) < 4.78 is 59.8. The molecule has 12 nitrogen and oxygen atoms in total. The molecule has 0 aliphatic heterocycles. The maximum Gasteiger partial charge on any atom is 0.333 e. The summed E-state index contributed by atoms with van der Waals surface area (Å²) in [5, 5.41) is 0. The highest BCUT2D eigenvalue weighted by atomic mass is 16.6. The van der Waals surface area contributed by atoms with E-state index in [9.17, 15) is 4.79 Å². The molecular weight excluding hydrogens is 660 g/mol. The summed E-state index contributed by atoms with van der Waals surface area (Å²) in [5.74, 6) is -0.409. The third kappa shape index (κ3) is 44.9. The van der Waals surface area contributed by atoms with Gasteiger partial charge in [-0.1, -0.05) is 90.6 Å². The molecule has 0 aliphatic rings. The van der Waals surface area contributed by atoms with Crippen molar-refractivity contribution in [3.63, 3.8) is 0 Å². The molecule has 0 amide bonds. The third-order valence-electron chi connectivity index (χ3n) is 7.55. The first-order valence-electron chi connectivity index (χ1n) is 19.8. The van der Waals surface area contributed by atoms with Gasteiger partial charge in [-0.05, 0) is 13.3 Å². The number of hydrogen-bond donors (Lipinski definition) is 0. The number of carbonyl (C=O) groups excluding carboxylic acids is 1. The van der Waals surface area contributed by atoms with E-state index in [4.69, 9.17) is 52.1 Å². The van der Waals surface area contributed by atoms with Crippen molar-refractivity contribution in [1.29, 1.82) is 0 Å². The lowest BCUT2D eigenvalue weighted by molar-refractivity contribution is -0.140. The topological polar surface area (TPSA) is 119 Å². The van der Waals surface area contributed by atoms with Crippen LogP contribution in [0.1, 0.15) is 97.3 Å². The Balaban J connectivity index is 3.07. The van der Waals surface area contributed by atoms with Gasteiger partial charge in [0.15, 0.2) is 0 Å². The lowest BCUT2D eigenvalue weighted by Crippen LogP contribution is -2.15. The quantitative estimate of drug-likeness (QED) is 0.0393. The van der Waals surface area contributed by atoms with Crippen LogP contribution in [0.4, 0.5) is 0 Å². The molecule has 0 aromatic carbocycles. The molecule has 51 heavy (non-hydrogen) atoms. The van der Waals surface area contributed by atoms with Crippen LogP contribution in [0.25, 0.3) is 0 Å². The Kier molecular flexibility index (Phi) is 43.9. The molecule has 0 unspecified atom stereocenters. The van der Waals surface area contributed by atoms with Gasteiger partial charge < -0.3 is 52.1 Å². The van der Waals surface area contributed by atoms with E-state index in [1.165, 1.54) is 77.0 Å². The average molecular weight is 737 g/mol. The fourth-order valence-electron chi connectivity index (χ4n) is 4.62. The van der Waals surface area contributed by atoms with E-state index in [-0.39, 0.29) is 6.61 Å². The van der Waals surface area contributed by atoms with Crippen LogP contribution in [0.5, 0.6) is 0 Å². The van der Waals surface area contributed by atoms with Crippen molar-refractivity contribution in [3.8, 4) is 0 Å². The SMILES string of the molecule is C=C(C)C(=O)OCCOCCOCCOCCOCCOCCOCCOCCOCCOCCOCCCCCCCCCCCCCCC. The number of carbonyl (C=O) groups is 1. The molecule has 0 radical (unpaired) electrons. The monoisotopic (exact) mass is 737 g/mol. The minimum atomic E-state index is -0.409. The second-order valence-electron chi connectivity index (χ2n) is 12.3. The van der Waals surface area contributed by atoms with Gasteiger partial charge in [0.05, 0.1) is 126 Å². The van der Waals surface area contributed by atoms with E-state index in [0.717, 1.165) is 13.0 Å². The molecule has 0 saturated carbocycles. The Bertz CT molecular complexity index is 697. The molecule has 0 saturated heterocycles. The van der Waals surface area contributed by atoms with Crippen LogP contribution in [-0.2, 0) is 56.9 Å². The van der Waals surface area contributed by atoms with Gasteiger partial charge in [0.25, 0.3) is 0 Å². The Hall–Kier alpha value is -1.19. The van der Waals surface area contributed by atoms with Gasteiger partial charge in [0, 0.05) is 12.2 Å². The van der Waals surface area contributed by atoms with E-state index >= 15 is 0 Å². The molecule has 0 fully saturated rings. The molecule has 12 heteroatoms. The number of rotatable bonds is 45. The van der Waals surface area contributed by atoms with Crippen molar-refractivity contribution in [2.45, 2.75) is 97.3 Å². The lowest BCUT2D eigenvalue weighted by Gasteiger charge is -2.09. The maximum absolute atomic E-state index is 11.2. The van der Waals surface area contributed by atoms with Crippen molar-refractivity contribution in [3.05, 3.63) is 12.2 Å². The molecule has 0 aliphatic carbocycles. The number of ether oxygens (including phenoxy) is 11. The zero-order valence-corrected chi connectivity index (χ0v) is 32.6. The fraction of sp³-hybridized carbons (Fsp3) is 0.923. The van der Waals surface area contributed by atoms with Gasteiger partial charge in [0.1, 0.15) is 6.61 Å². The number of esters is 1. The predicted molar refractivity (Wildman–Crippen MR) is 200 cm³/mol. The van der Waals surface area contributed by atoms with Crippen LogP contribution < -0.4 is 0 Å². The highest BCUT2D eigenvalue weighted by molar-refractivity contribution is 5.86. The smallest absolute Gasteiger partial charge is 0.333 e. The van der Waals surface area contributed by atoms with Gasteiger partial charge in [-0.2, -0.15) is 0 Å². The molecule has 0 heterocycles. The minimum absolute atomic E-state index is 0.203. The van der Waals surface area contributed by atoms with Gasteiger partial charge in [-0.3, -0.25) is 0 Å². The predicted octanol–water partition coefficient (Wildman–Crippen LogP) is 6.36. The van der Waals surface area contributed by atoms with E-state index in [1.54, 1.807) is 6.92 Å². The van der Waals surface area contributed by atoms with Gasteiger partial charge in [-0.25, -0.2) is 4.79 Å². The summed E-state index contributed by atoms with van der Waals surface area (Å²) in [6.07, 6.45) is 17.8. The summed E-state index contributed by atoms with van der Waals surface area (Å²) in [4.78, 5) is 11.2. The first-order valence-corrected chi connectivity index (χ1v) is 19.8. The fourth-order valence-corrected chi connectivity index (χ4v) is 4.62. The molecule has 0 spiro atoms. The van der Waals surface area contributed by atoms with Crippen molar-refractivity contribution < 1.29 is 56.9 Å². The summed E-state index contributed by atoms with van der Waals surface area (Å²) in [6, 6.07) is 0. The molecule has 0 aromatic rings. The van der Waals surface area contributed by atoms with Crippen LogP contribution in [0.3, 0.4) is 0 Å². The summed E-state index contributed by atoms with van der Waals surface area (Å²) >= 11 is 0. The Morgan fingerprint density at radius 3 is 0.804 bits per heavy atom. The van der Waals surface area contributed by atoms with Crippen LogP contribution in [-0.4, -0.2) is 145 Å². The van der Waals surface area contributed by atoms with E-state index in [1.807, 2.05) is 0 Å². The van der Waals surface area contributed by atoms with Crippen molar-refractivity contribution in [2.75, 3.05) is 139 Å². The summed E-state index contributed by atoms with van der Waals surface area (Å²) in [6.45, 7) is 18.1. The Labute approximate surface area is 310 Å². The molecule has 0 rings (SSSR count). The standard InChI is InChI=1S/C39H76O12/c1-4-5-6-7-8-9-10-11-12-13-14-15-16-17-41-18-19-42-20-21-43-22-23-44-24-25-45-26-27-46-28-29-47-30-31-48-32-33-49-34-35-50-36-37-51-39(40)38(2)3/h2,4-37H2,1,3H3. The largest absolute Gasteiger partial charge is 0.460 e. The number of unbranched alkanes of at least 4 members (excludes halogenated alkanes) is 12.